The van der Waals surface area contributed by atoms with Crippen molar-refractivity contribution in [2.24, 2.45) is 5.92 Å². The van der Waals surface area contributed by atoms with Crippen LogP contribution < -0.4 is 10.1 Å². The fraction of sp³-hybridized carbons (Fsp3) is 0.625. The third kappa shape index (κ3) is 7.85. The minimum absolute atomic E-state index is 0.614. The molecule has 0 aliphatic heterocycles. The van der Waals surface area contributed by atoms with Gasteiger partial charge < -0.3 is 14.8 Å². The number of hydrogen-bond acceptors (Lipinski definition) is 3. The Morgan fingerprint density at radius 1 is 1.16 bits per heavy atom. The van der Waals surface area contributed by atoms with Crippen molar-refractivity contribution in [3.8, 4) is 5.75 Å². The number of rotatable bonds is 10. The molecule has 108 valence electrons. The Labute approximate surface area is 117 Å². The van der Waals surface area contributed by atoms with Gasteiger partial charge in [0, 0.05) is 13.2 Å². The van der Waals surface area contributed by atoms with Gasteiger partial charge in [-0.3, -0.25) is 0 Å². The van der Waals surface area contributed by atoms with E-state index in [1.165, 1.54) is 5.56 Å². The number of benzene rings is 1. The van der Waals surface area contributed by atoms with Gasteiger partial charge >= 0.3 is 0 Å². The molecule has 19 heavy (non-hydrogen) atoms. The summed E-state index contributed by atoms with van der Waals surface area (Å²) in [6.07, 6.45) is 1.05. The summed E-state index contributed by atoms with van der Waals surface area (Å²) < 4.78 is 11.1. The smallest absolute Gasteiger partial charge is 0.119 e. The van der Waals surface area contributed by atoms with Gasteiger partial charge in [0.2, 0.25) is 0 Å². The summed E-state index contributed by atoms with van der Waals surface area (Å²) in [5.74, 6) is 1.60. The van der Waals surface area contributed by atoms with Crippen LogP contribution in [0.4, 0.5) is 0 Å². The Balaban J connectivity index is 2.27. The van der Waals surface area contributed by atoms with Gasteiger partial charge in [-0.15, -0.1) is 0 Å². The summed E-state index contributed by atoms with van der Waals surface area (Å²) in [6, 6.07) is 8.24. The molecule has 0 radical (unpaired) electrons. The van der Waals surface area contributed by atoms with Gasteiger partial charge in [-0.25, -0.2) is 0 Å². The number of nitrogens with one attached hydrogen (secondary N) is 1. The zero-order valence-corrected chi connectivity index (χ0v) is 12.4. The van der Waals surface area contributed by atoms with Crippen molar-refractivity contribution in [2.75, 3.05) is 26.4 Å². The van der Waals surface area contributed by atoms with E-state index in [1.54, 1.807) is 0 Å². The largest absolute Gasteiger partial charge is 0.491 e. The predicted octanol–water partition coefficient (Wildman–Crippen LogP) is 3.24. The van der Waals surface area contributed by atoms with Crippen LogP contribution in [0, 0.1) is 5.92 Å². The first-order valence-corrected chi connectivity index (χ1v) is 7.22. The van der Waals surface area contributed by atoms with E-state index in [1.807, 2.05) is 12.1 Å². The van der Waals surface area contributed by atoms with Crippen molar-refractivity contribution in [3.63, 3.8) is 0 Å². The van der Waals surface area contributed by atoms with Crippen LogP contribution in [0.2, 0.25) is 0 Å². The Kier molecular flexibility index (Phi) is 8.26. The highest BCUT2D eigenvalue weighted by Gasteiger charge is 1.98. The second-order valence-corrected chi connectivity index (χ2v) is 5.13. The van der Waals surface area contributed by atoms with E-state index in [-0.39, 0.29) is 0 Å². The second-order valence-electron chi connectivity index (χ2n) is 5.13. The standard InChI is InChI=1S/C16H27NO2/c1-4-8-18-9-10-19-16-7-5-6-15(11-16)13-17-12-14(2)3/h5-7,11,14,17H,4,8-10,12-13H2,1-3H3. The first-order chi connectivity index (χ1) is 9.22. The molecule has 3 heteroatoms. The van der Waals surface area contributed by atoms with Gasteiger partial charge in [0.15, 0.2) is 0 Å². The maximum Gasteiger partial charge on any atom is 0.119 e. The van der Waals surface area contributed by atoms with Crippen LogP contribution in [0.3, 0.4) is 0 Å². The first kappa shape index (κ1) is 16.0. The van der Waals surface area contributed by atoms with Crippen molar-refractivity contribution in [2.45, 2.75) is 33.7 Å². The van der Waals surface area contributed by atoms with Crippen LogP contribution in [0.25, 0.3) is 0 Å². The number of ether oxygens (including phenoxy) is 2. The van der Waals surface area contributed by atoms with Gasteiger partial charge in [-0.1, -0.05) is 32.9 Å². The third-order valence-electron chi connectivity index (χ3n) is 2.63. The van der Waals surface area contributed by atoms with Crippen LogP contribution in [0.15, 0.2) is 24.3 Å². The summed E-state index contributed by atoms with van der Waals surface area (Å²) >= 11 is 0. The summed E-state index contributed by atoms with van der Waals surface area (Å²) in [7, 11) is 0. The fourth-order valence-corrected chi connectivity index (χ4v) is 1.72. The summed E-state index contributed by atoms with van der Waals surface area (Å²) in [5.41, 5.74) is 1.26. The Morgan fingerprint density at radius 2 is 2.00 bits per heavy atom. The molecule has 1 N–H and O–H groups in total. The molecule has 1 aromatic carbocycles. The monoisotopic (exact) mass is 265 g/mol. The predicted molar refractivity (Wildman–Crippen MR) is 79.6 cm³/mol. The molecular formula is C16H27NO2. The molecule has 0 saturated carbocycles. The first-order valence-electron chi connectivity index (χ1n) is 7.22. The average molecular weight is 265 g/mol. The molecule has 0 heterocycles. The van der Waals surface area contributed by atoms with Crippen molar-refractivity contribution in [3.05, 3.63) is 29.8 Å². The highest BCUT2D eigenvalue weighted by atomic mass is 16.5. The molecule has 3 nitrogen and oxygen atoms in total. The molecule has 0 unspecified atom stereocenters. The van der Waals surface area contributed by atoms with Crippen molar-refractivity contribution in [1.82, 2.24) is 5.32 Å². The van der Waals surface area contributed by atoms with E-state index in [0.29, 0.717) is 19.1 Å². The highest BCUT2D eigenvalue weighted by molar-refractivity contribution is 5.28. The lowest BCUT2D eigenvalue weighted by atomic mass is 10.2. The van der Waals surface area contributed by atoms with Crippen LogP contribution in [0.5, 0.6) is 5.75 Å². The van der Waals surface area contributed by atoms with E-state index in [9.17, 15) is 0 Å². The van der Waals surface area contributed by atoms with Gasteiger partial charge in [0.05, 0.1) is 6.61 Å². The van der Waals surface area contributed by atoms with Crippen molar-refractivity contribution in [1.29, 1.82) is 0 Å². The van der Waals surface area contributed by atoms with Gasteiger partial charge in [0.25, 0.3) is 0 Å². The molecule has 0 aliphatic rings. The van der Waals surface area contributed by atoms with E-state index < -0.39 is 0 Å². The topological polar surface area (TPSA) is 30.5 Å². The van der Waals surface area contributed by atoms with Crippen molar-refractivity contribution < 1.29 is 9.47 Å². The minimum Gasteiger partial charge on any atom is -0.491 e. The zero-order chi connectivity index (χ0) is 13.9. The lowest BCUT2D eigenvalue weighted by Gasteiger charge is -2.10. The molecule has 0 aliphatic carbocycles. The summed E-state index contributed by atoms with van der Waals surface area (Å²) in [6.45, 7) is 10.5. The van der Waals surface area contributed by atoms with E-state index in [0.717, 1.165) is 31.9 Å². The number of hydrogen-bond donors (Lipinski definition) is 1. The molecule has 0 atom stereocenters. The molecule has 0 amide bonds. The molecule has 0 fully saturated rings. The van der Waals surface area contributed by atoms with Crippen LogP contribution in [-0.2, 0) is 11.3 Å². The molecule has 0 bridgehead atoms. The molecule has 1 aromatic rings. The second kappa shape index (κ2) is 9.82. The normalized spacial score (nSPS) is 10.9. The molecule has 0 aromatic heterocycles. The van der Waals surface area contributed by atoms with Gasteiger partial charge in [0.1, 0.15) is 12.4 Å². The van der Waals surface area contributed by atoms with Crippen LogP contribution in [0.1, 0.15) is 32.8 Å². The molecule has 1 rings (SSSR count). The molecular weight excluding hydrogens is 238 g/mol. The van der Waals surface area contributed by atoms with E-state index in [2.05, 4.69) is 38.2 Å². The SMILES string of the molecule is CCCOCCOc1cccc(CNCC(C)C)c1. The molecule has 0 spiro atoms. The maximum atomic E-state index is 5.67. The van der Waals surface area contributed by atoms with Gasteiger partial charge in [-0.05, 0) is 36.6 Å². The van der Waals surface area contributed by atoms with E-state index >= 15 is 0 Å². The fourth-order valence-electron chi connectivity index (χ4n) is 1.72. The lowest BCUT2D eigenvalue weighted by molar-refractivity contribution is 0.101. The average Bonchev–Trinajstić information content (AvgIpc) is 2.39. The Morgan fingerprint density at radius 3 is 2.74 bits per heavy atom. The maximum absolute atomic E-state index is 5.67. The lowest BCUT2D eigenvalue weighted by Crippen LogP contribution is -2.18. The Bertz CT molecular complexity index is 339. The van der Waals surface area contributed by atoms with Crippen LogP contribution in [-0.4, -0.2) is 26.4 Å². The van der Waals surface area contributed by atoms with Crippen LogP contribution >= 0.6 is 0 Å². The molecule has 0 saturated heterocycles. The quantitative estimate of drug-likeness (QED) is 0.659. The summed E-state index contributed by atoms with van der Waals surface area (Å²) in [5, 5.41) is 3.43. The van der Waals surface area contributed by atoms with E-state index in [4.69, 9.17) is 9.47 Å². The van der Waals surface area contributed by atoms with Gasteiger partial charge in [-0.2, -0.15) is 0 Å². The summed E-state index contributed by atoms with van der Waals surface area (Å²) in [4.78, 5) is 0. The van der Waals surface area contributed by atoms with Crippen molar-refractivity contribution >= 4 is 0 Å². The minimum atomic E-state index is 0.614. The Hall–Kier alpha value is -1.06. The third-order valence-corrected chi connectivity index (χ3v) is 2.63. The zero-order valence-electron chi connectivity index (χ0n) is 12.4. The highest BCUT2D eigenvalue weighted by Crippen LogP contribution is 2.13.